The van der Waals surface area contributed by atoms with Gasteiger partial charge in [0.25, 0.3) is 0 Å². The van der Waals surface area contributed by atoms with E-state index in [-0.39, 0.29) is 24.0 Å². The summed E-state index contributed by atoms with van der Waals surface area (Å²) in [6, 6.07) is 10.4. The summed E-state index contributed by atoms with van der Waals surface area (Å²) in [6.45, 7) is 5.13. The van der Waals surface area contributed by atoms with Crippen LogP contribution in [0.15, 0.2) is 35.3 Å². The molecule has 0 atom stereocenters. The van der Waals surface area contributed by atoms with Crippen molar-refractivity contribution in [2.24, 2.45) is 4.99 Å². The SMILES string of the molecule is CCNC(=NCCOC)NCCc1ccccc1.I. The topological polar surface area (TPSA) is 45.7 Å². The summed E-state index contributed by atoms with van der Waals surface area (Å²) in [4.78, 5) is 4.40. The van der Waals surface area contributed by atoms with Crippen LogP contribution < -0.4 is 10.6 Å². The molecule has 0 heterocycles. The van der Waals surface area contributed by atoms with Gasteiger partial charge in [-0.15, -0.1) is 24.0 Å². The van der Waals surface area contributed by atoms with Crippen molar-refractivity contribution in [1.29, 1.82) is 0 Å². The first-order chi connectivity index (χ1) is 8.86. The van der Waals surface area contributed by atoms with Gasteiger partial charge in [0.2, 0.25) is 0 Å². The Morgan fingerprint density at radius 2 is 1.95 bits per heavy atom. The number of hydrogen-bond acceptors (Lipinski definition) is 2. The van der Waals surface area contributed by atoms with E-state index in [9.17, 15) is 0 Å². The van der Waals surface area contributed by atoms with Gasteiger partial charge < -0.3 is 15.4 Å². The number of halogens is 1. The standard InChI is InChI=1S/C14H23N3O.HI/c1-3-15-14(17-11-12-18-2)16-10-9-13-7-5-4-6-8-13;/h4-8H,3,9-12H2,1-2H3,(H2,15,16,17);1H. The molecule has 0 amide bonds. The van der Waals surface area contributed by atoms with E-state index < -0.39 is 0 Å². The van der Waals surface area contributed by atoms with Crippen LogP contribution in [-0.4, -0.2) is 39.3 Å². The first-order valence-electron chi connectivity index (χ1n) is 6.42. The largest absolute Gasteiger partial charge is 0.383 e. The lowest BCUT2D eigenvalue weighted by Crippen LogP contribution is -2.38. The average molecular weight is 377 g/mol. The number of aliphatic imine (C=N–C) groups is 1. The Balaban J connectivity index is 0.00000324. The lowest BCUT2D eigenvalue weighted by molar-refractivity contribution is 0.208. The molecule has 0 fully saturated rings. The maximum absolute atomic E-state index is 4.98. The summed E-state index contributed by atoms with van der Waals surface area (Å²) in [5.41, 5.74) is 1.33. The van der Waals surface area contributed by atoms with E-state index >= 15 is 0 Å². The molecule has 0 unspecified atom stereocenters. The van der Waals surface area contributed by atoms with Crippen LogP contribution in [0.1, 0.15) is 12.5 Å². The highest BCUT2D eigenvalue weighted by Gasteiger charge is 1.96. The van der Waals surface area contributed by atoms with Gasteiger partial charge in [0.1, 0.15) is 0 Å². The average Bonchev–Trinajstić information content (AvgIpc) is 2.40. The van der Waals surface area contributed by atoms with Gasteiger partial charge in [-0.25, -0.2) is 0 Å². The minimum absolute atomic E-state index is 0. The zero-order chi connectivity index (χ0) is 13.1. The second kappa shape index (κ2) is 12.2. The highest BCUT2D eigenvalue weighted by Crippen LogP contribution is 1.97. The van der Waals surface area contributed by atoms with E-state index in [1.165, 1.54) is 5.56 Å². The van der Waals surface area contributed by atoms with Crippen LogP contribution in [0.5, 0.6) is 0 Å². The van der Waals surface area contributed by atoms with Gasteiger partial charge in [0, 0.05) is 20.2 Å². The van der Waals surface area contributed by atoms with Crippen LogP contribution in [0.4, 0.5) is 0 Å². The summed E-state index contributed by atoms with van der Waals surface area (Å²) in [6.07, 6.45) is 0.996. The molecule has 1 aromatic carbocycles. The summed E-state index contributed by atoms with van der Waals surface area (Å²) < 4.78 is 4.98. The third kappa shape index (κ3) is 8.83. The molecule has 0 radical (unpaired) electrons. The van der Waals surface area contributed by atoms with E-state index in [1.54, 1.807) is 7.11 Å². The molecule has 19 heavy (non-hydrogen) atoms. The maximum Gasteiger partial charge on any atom is 0.191 e. The Kier molecular flexibility index (Phi) is 11.7. The Labute approximate surface area is 133 Å². The van der Waals surface area contributed by atoms with Crippen molar-refractivity contribution in [3.05, 3.63) is 35.9 Å². The summed E-state index contributed by atoms with van der Waals surface area (Å²) in [5.74, 6) is 0.852. The molecule has 1 aromatic rings. The van der Waals surface area contributed by atoms with E-state index in [2.05, 4.69) is 46.8 Å². The molecule has 5 heteroatoms. The molecular formula is C14H24IN3O. The van der Waals surface area contributed by atoms with Crippen LogP contribution in [-0.2, 0) is 11.2 Å². The zero-order valence-electron chi connectivity index (χ0n) is 11.7. The quantitative estimate of drug-likeness (QED) is 0.331. The van der Waals surface area contributed by atoms with Crippen molar-refractivity contribution in [2.75, 3.05) is 33.4 Å². The molecule has 0 saturated heterocycles. The van der Waals surface area contributed by atoms with Gasteiger partial charge in [0.05, 0.1) is 13.2 Å². The predicted octanol–water partition coefficient (Wildman–Crippen LogP) is 2.05. The lowest BCUT2D eigenvalue weighted by atomic mass is 10.1. The smallest absolute Gasteiger partial charge is 0.191 e. The van der Waals surface area contributed by atoms with E-state index in [0.29, 0.717) is 13.2 Å². The molecule has 4 nitrogen and oxygen atoms in total. The van der Waals surface area contributed by atoms with Crippen LogP contribution >= 0.6 is 24.0 Å². The van der Waals surface area contributed by atoms with Crippen molar-refractivity contribution < 1.29 is 4.74 Å². The van der Waals surface area contributed by atoms with Crippen molar-refractivity contribution in [2.45, 2.75) is 13.3 Å². The molecule has 0 aliphatic carbocycles. The lowest BCUT2D eigenvalue weighted by Gasteiger charge is -2.11. The normalized spacial score (nSPS) is 10.7. The second-order valence-electron chi connectivity index (χ2n) is 3.92. The fourth-order valence-corrected chi connectivity index (χ4v) is 1.56. The summed E-state index contributed by atoms with van der Waals surface area (Å²) >= 11 is 0. The van der Waals surface area contributed by atoms with Crippen LogP contribution in [0.2, 0.25) is 0 Å². The van der Waals surface area contributed by atoms with Crippen LogP contribution in [0, 0.1) is 0 Å². The predicted molar refractivity (Wildman–Crippen MR) is 91.4 cm³/mol. The molecule has 2 N–H and O–H groups in total. The van der Waals surface area contributed by atoms with Crippen molar-refractivity contribution in [1.82, 2.24) is 10.6 Å². The third-order valence-electron chi connectivity index (χ3n) is 2.46. The number of rotatable bonds is 7. The van der Waals surface area contributed by atoms with Crippen molar-refractivity contribution >= 4 is 29.9 Å². The van der Waals surface area contributed by atoms with Crippen molar-refractivity contribution in [3.63, 3.8) is 0 Å². The molecule has 0 bridgehead atoms. The molecule has 0 aromatic heterocycles. The first-order valence-corrected chi connectivity index (χ1v) is 6.42. The van der Waals surface area contributed by atoms with Crippen LogP contribution in [0.25, 0.3) is 0 Å². The van der Waals surface area contributed by atoms with Gasteiger partial charge in [0.15, 0.2) is 5.96 Å². The van der Waals surface area contributed by atoms with E-state index in [1.807, 2.05) is 6.07 Å². The van der Waals surface area contributed by atoms with Gasteiger partial charge >= 0.3 is 0 Å². The minimum atomic E-state index is 0. The first kappa shape index (κ1) is 18.2. The number of benzene rings is 1. The molecule has 0 aliphatic rings. The van der Waals surface area contributed by atoms with Gasteiger partial charge in [-0.1, -0.05) is 30.3 Å². The highest BCUT2D eigenvalue weighted by atomic mass is 127. The summed E-state index contributed by atoms with van der Waals surface area (Å²) in [7, 11) is 1.69. The molecule has 0 spiro atoms. The maximum atomic E-state index is 4.98. The third-order valence-corrected chi connectivity index (χ3v) is 2.46. The van der Waals surface area contributed by atoms with Crippen molar-refractivity contribution in [3.8, 4) is 0 Å². The van der Waals surface area contributed by atoms with Crippen LogP contribution in [0.3, 0.4) is 0 Å². The number of nitrogens with one attached hydrogen (secondary N) is 2. The molecular weight excluding hydrogens is 353 g/mol. The summed E-state index contributed by atoms with van der Waals surface area (Å²) in [5, 5.41) is 6.52. The van der Waals surface area contributed by atoms with Gasteiger partial charge in [-0.05, 0) is 18.9 Å². The highest BCUT2D eigenvalue weighted by molar-refractivity contribution is 14.0. The van der Waals surface area contributed by atoms with Gasteiger partial charge in [-0.3, -0.25) is 4.99 Å². The molecule has 108 valence electrons. The Bertz CT molecular complexity index is 344. The molecule has 0 aliphatic heterocycles. The second-order valence-corrected chi connectivity index (χ2v) is 3.92. The fraction of sp³-hybridized carbons (Fsp3) is 0.500. The minimum Gasteiger partial charge on any atom is -0.383 e. The number of hydrogen-bond donors (Lipinski definition) is 2. The fourth-order valence-electron chi connectivity index (χ4n) is 1.56. The zero-order valence-corrected chi connectivity index (χ0v) is 14.0. The Hall–Kier alpha value is -0.820. The van der Waals surface area contributed by atoms with Gasteiger partial charge in [-0.2, -0.15) is 0 Å². The molecule has 0 saturated carbocycles. The van der Waals surface area contributed by atoms with E-state index in [0.717, 1.165) is 25.5 Å². The Morgan fingerprint density at radius 3 is 2.58 bits per heavy atom. The van der Waals surface area contributed by atoms with E-state index in [4.69, 9.17) is 4.74 Å². The monoisotopic (exact) mass is 377 g/mol. The number of guanidine groups is 1. The Morgan fingerprint density at radius 1 is 1.21 bits per heavy atom. The molecule has 1 rings (SSSR count). The number of methoxy groups -OCH3 is 1. The number of ether oxygens (including phenoxy) is 1. The number of nitrogens with zero attached hydrogens (tertiary/aromatic N) is 1.